The fourth-order valence-corrected chi connectivity index (χ4v) is 3.53. The molecule has 0 aliphatic heterocycles. The van der Waals surface area contributed by atoms with Gasteiger partial charge in [-0.2, -0.15) is 0 Å². The van der Waals surface area contributed by atoms with E-state index in [0.29, 0.717) is 50.0 Å². The fraction of sp³-hybridized carbons (Fsp3) is 0.476. The van der Waals surface area contributed by atoms with Crippen molar-refractivity contribution in [2.24, 2.45) is 0 Å². The van der Waals surface area contributed by atoms with Gasteiger partial charge < -0.3 is 25.0 Å². The Labute approximate surface area is 181 Å². The molecule has 2 rings (SSSR count). The van der Waals surface area contributed by atoms with E-state index < -0.39 is 0 Å². The van der Waals surface area contributed by atoms with Crippen molar-refractivity contribution >= 4 is 29.0 Å². The standard InChI is InChI=1S/C21H30N4O4S/c1-16-7-4-8-17(13-16)23-21(27)25(10-6-12-29-3)14-19-24-18(15-30-19)20(26)22-9-5-11-28-2/h4,7-8,13,15H,5-6,9-12,14H2,1-3H3,(H,22,26)(H,23,27). The molecule has 8 nitrogen and oxygen atoms in total. The highest BCUT2D eigenvalue weighted by Gasteiger charge is 2.17. The maximum atomic E-state index is 12.8. The monoisotopic (exact) mass is 434 g/mol. The maximum Gasteiger partial charge on any atom is 0.322 e. The molecule has 164 valence electrons. The molecule has 0 aliphatic rings. The van der Waals surface area contributed by atoms with Crippen LogP contribution in [0.15, 0.2) is 29.6 Å². The van der Waals surface area contributed by atoms with Crippen LogP contribution in [0.5, 0.6) is 0 Å². The second-order valence-electron chi connectivity index (χ2n) is 6.80. The smallest absolute Gasteiger partial charge is 0.322 e. The van der Waals surface area contributed by atoms with Crippen LogP contribution < -0.4 is 10.6 Å². The van der Waals surface area contributed by atoms with Gasteiger partial charge in [0.2, 0.25) is 0 Å². The number of methoxy groups -OCH3 is 2. The highest BCUT2D eigenvalue weighted by Crippen LogP contribution is 2.15. The average Bonchev–Trinajstić information content (AvgIpc) is 3.19. The number of nitrogens with zero attached hydrogens (tertiary/aromatic N) is 2. The van der Waals surface area contributed by atoms with Crippen LogP contribution in [0.3, 0.4) is 0 Å². The third kappa shape index (κ3) is 8.10. The number of thiazole rings is 1. The molecular formula is C21H30N4O4S. The molecule has 0 radical (unpaired) electrons. The predicted octanol–water partition coefficient (Wildman–Crippen LogP) is 3.29. The molecule has 0 bridgehead atoms. The van der Waals surface area contributed by atoms with E-state index in [4.69, 9.17) is 9.47 Å². The lowest BCUT2D eigenvalue weighted by Crippen LogP contribution is -2.35. The minimum Gasteiger partial charge on any atom is -0.385 e. The summed E-state index contributed by atoms with van der Waals surface area (Å²) in [5.74, 6) is -0.219. The number of hydrogen-bond acceptors (Lipinski definition) is 6. The molecule has 0 unspecified atom stereocenters. The Morgan fingerprint density at radius 1 is 1.17 bits per heavy atom. The van der Waals surface area contributed by atoms with Gasteiger partial charge in [-0.1, -0.05) is 12.1 Å². The van der Waals surface area contributed by atoms with Gasteiger partial charge in [-0.25, -0.2) is 9.78 Å². The van der Waals surface area contributed by atoms with Gasteiger partial charge in [0, 0.05) is 51.6 Å². The van der Waals surface area contributed by atoms with E-state index in [0.717, 1.165) is 17.7 Å². The molecule has 0 saturated carbocycles. The van der Waals surface area contributed by atoms with Crippen molar-refractivity contribution in [2.75, 3.05) is 45.8 Å². The lowest BCUT2D eigenvalue weighted by Gasteiger charge is -2.22. The van der Waals surface area contributed by atoms with Crippen molar-refractivity contribution in [1.82, 2.24) is 15.2 Å². The summed E-state index contributed by atoms with van der Waals surface area (Å²) in [6, 6.07) is 7.44. The van der Waals surface area contributed by atoms with Crippen LogP contribution in [-0.4, -0.2) is 62.3 Å². The van der Waals surface area contributed by atoms with Gasteiger partial charge in [0.1, 0.15) is 10.7 Å². The first-order valence-electron chi connectivity index (χ1n) is 9.86. The Bertz CT molecular complexity index is 812. The molecule has 30 heavy (non-hydrogen) atoms. The molecular weight excluding hydrogens is 404 g/mol. The number of carbonyl (C=O) groups excluding carboxylic acids is 2. The number of hydrogen-bond donors (Lipinski definition) is 2. The third-order valence-corrected chi connectivity index (χ3v) is 5.09. The largest absolute Gasteiger partial charge is 0.385 e. The number of aromatic nitrogens is 1. The van der Waals surface area contributed by atoms with Crippen LogP contribution in [0.25, 0.3) is 0 Å². The number of ether oxygens (including phenoxy) is 2. The lowest BCUT2D eigenvalue weighted by atomic mass is 10.2. The Morgan fingerprint density at radius 3 is 2.67 bits per heavy atom. The van der Waals surface area contributed by atoms with Gasteiger partial charge in [-0.3, -0.25) is 4.79 Å². The first-order chi connectivity index (χ1) is 14.5. The molecule has 0 spiro atoms. The van der Waals surface area contributed by atoms with E-state index in [1.54, 1.807) is 24.5 Å². The van der Waals surface area contributed by atoms with E-state index in [9.17, 15) is 9.59 Å². The van der Waals surface area contributed by atoms with Crippen LogP contribution >= 0.6 is 11.3 Å². The molecule has 9 heteroatoms. The number of aryl methyl sites for hydroxylation is 1. The minimum absolute atomic E-state index is 0.211. The second kappa shape index (κ2) is 12.9. The van der Waals surface area contributed by atoms with Gasteiger partial charge >= 0.3 is 6.03 Å². The molecule has 0 saturated heterocycles. The summed E-state index contributed by atoms with van der Waals surface area (Å²) in [6.45, 7) is 4.49. The second-order valence-corrected chi connectivity index (χ2v) is 7.74. The molecule has 2 N–H and O–H groups in total. The Balaban J connectivity index is 1.99. The molecule has 0 fully saturated rings. The number of nitrogens with one attached hydrogen (secondary N) is 2. The zero-order valence-corrected chi connectivity index (χ0v) is 18.6. The van der Waals surface area contributed by atoms with Crippen molar-refractivity contribution in [3.63, 3.8) is 0 Å². The van der Waals surface area contributed by atoms with Crippen LogP contribution in [0.4, 0.5) is 10.5 Å². The molecule has 2 aromatic rings. The van der Waals surface area contributed by atoms with Crippen LogP contribution in [0.2, 0.25) is 0 Å². The van der Waals surface area contributed by atoms with Gasteiger partial charge in [-0.15, -0.1) is 11.3 Å². The van der Waals surface area contributed by atoms with Gasteiger partial charge in [0.05, 0.1) is 6.54 Å². The van der Waals surface area contributed by atoms with E-state index in [1.165, 1.54) is 11.3 Å². The topological polar surface area (TPSA) is 92.8 Å². The molecule has 1 heterocycles. The summed E-state index contributed by atoms with van der Waals surface area (Å²) in [6.07, 6.45) is 1.45. The Morgan fingerprint density at radius 2 is 1.93 bits per heavy atom. The van der Waals surface area contributed by atoms with E-state index in [1.807, 2.05) is 31.2 Å². The van der Waals surface area contributed by atoms with Crippen LogP contribution in [0, 0.1) is 6.92 Å². The quantitative estimate of drug-likeness (QED) is 0.500. The molecule has 3 amide bonds. The molecule has 1 aromatic carbocycles. The van der Waals surface area contributed by atoms with Crippen molar-refractivity contribution in [3.05, 3.63) is 45.9 Å². The van der Waals surface area contributed by atoms with Gasteiger partial charge in [0.15, 0.2) is 0 Å². The summed E-state index contributed by atoms with van der Waals surface area (Å²) < 4.78 is 10.1. The summed E-state index contributed by atoms with van der Waals surface area (Å²) in [5.41, 5.74) is 2.18. The van der Waals surface area contributed by atoms with E-state index in [2.05, 4.69) is 15.6 Å². The normalized spacial score (nSPS) is 10.6. The number of rotatable bonds is 12. The summed E-state index contributed by atoms with van der Waals surface area (Å²) in [5, 5.41) is 8.17. The Hall–Kier alpha value is -2.49. The zero-order chi connectivity index (χ0) is 21.8. The predicted molar refractivity (Wildman–Crippen MR) is 118 cm³/mol. The average molecular weight is 435 g/mol. The van der Waals surface area contributed by atoms with Crippen molar-refractivity contribution in [2.45, 2.75) is 26.3 Å². The van der Waals surface area contributed by atoms with Crippen molar-refractivity contribution in [1.29, 1.82) is 0 Å². The van der Waals surface area contributed by atoms with Gasteiger partial charge in [0.25, 0.3) is 5.91 Å². The summed E-state index contributed by atoms with van der Waals surface area (Å²) in [7, 11) is 3.26. The number of amides is 3. The summed E-state index contributed by atoms with van der Waals surface area (Å²) >= 11 is 1.37. The van der Waals surface area contributed by atoms with E-state index in [-0.39, 0.29) is 11.9 Å². The SMILES string of the molecule is COCCCNC(=O)c1csc(CN(CCCOC)C(=O)Nc2cccc(C)c2)n1. The fourth-order valence-electron chi connectivity index (χ4n) is 2.74. The van der Waals surface area contributed by atoms with Crippen molar-refractivity contribution < 1.29 is 19.1 Å². The van der Waals surface area contributed by atoms with Crippen LogP contribution in [-0.2, 0) is 16.0 Å². The number of anilines is 1. The van der Waals surface area contributed by atoms with E-state index >= 15 is 0 Å². The lowest BCUT2D eigenvalue weighted by molar-refractivity contribution is 0.0944. The third-order valence-electron chi connectivity index (χ3n) is 4.25. The molecule has 1 aromatic heterocycles. The highest BCUT2D eigenvalue weighted by atomic mass is 32.1. The summed E-state index contributed by atoms with van der Waals surface area (Å²) in [4.78, 5) is 31.1. The zero-order valence-electron chi connectivity index (χ0n) is 17.8. The van der Waals surface area contributed by atoms with Gasteiger partial charge in [-0.05, 0) is 37.5 Å². The first-order valence-corrected chi connectivity index (χ1v) is 10.7. The maximum absolute atomic E-state index is 12.8. The molecule has 0 atom stereocenters. The Kier molecular flexibility index (Phi) is 10.3. The van der Waals surface area contributed by atoms with Crippen molar-refractivity contribution in [3.8, 4) is 0 Å². The highest BCUT2D eigenvalue weighted by molar-refractivity contribution is 7.09. The number of carbonyl (C=O) groups is 2. The molecule has 0 aliphatic carbocycles. The number of urea groups is 1. The first kappa shape index (κ1) is 23.8. The minimum atomic E-state index is -0.219. The number of benzene rings is 1. The van der Waals surface area contributed by atoms with Crippen LogP contribution in [0.1, 0.15) is 33.9 Å².